The number of fused-ring (bicyclic) bond motifs is 2. The number of rotatable bonds is 1. The first-order valence-corrected chi connectivity index (χ1v) is 9.14. The minimum absolute atomic E-state index is 0.0878. The zero-order valence-corrected chi connectivity index (χ0v) is 15.4. The molecule has 136 valence electrons. The smallest absolute Gasteiger partial charge is 0.331 e. The van der Waals surface area contributed by atoms with Crippen molar-refractivity contribution in [2.45, 2.75) is 18.9 Å². The third kappa shape index (κ3) is 3.05. The fourth-order valence-corrected chi connectivity index (χ4v) is 3.94. The lowest BCUT2D eigenvalue weighted by molar-refractivity contribution is 0.180. The Morgan fingerprint density at radius 1 is 1.12 bits per heavy atom. The van der Waals surface area contributed by atoms with E-state index in [-0.39, 0.29) is 12.1 Å². The Labute approximate surface area is 161 Å². The number of anilines is 2. The number of urea groups is 1. The largest absolute Gasteiger partial charge is 0.453 e. The van der Waals surface area contributed by atoms with E-state index in [1.165, 1.54) is 0 Å². The molecule has 0 spiro atoms. The molecular formula is C18H18Cl2N4O2. The van der Waals surface area contributed by atoms with E-state index in [1.54, 1.807) is 17.0 Å². The van der Waals surface area contributed by atoms with Crippen LogP contribution in [-0.2, 0) is 0 Å². The Kier molecular flexibility index (Phi) is 4.56. The lowest BCUT2D eigenvalue weighted by Crippen LogP contribution is -2.53. The third-order valence-electron chi connectivity index (χ3n) is 4.76. The van der Waals surface area contributed by atoms with Crippen molar-refractivity contribution in [1.29, 1.82) is 0 Å². The number of hydrogen-bond acceptors (Lipinski definition) is 4. The average molecular weight is 393 g/mol. The van der Waals surface area contributed by atoms with Gasteiger partial charge in [0, 0.05) is 35.3 Å². The van der Waals surface area contributed by atoms with Crippen molar-refractivity contribution in [3.8, 4) is 11.5 Å². The van der Waals surface area contributed by atoms with Gasteiger partial charge in [0.15, 0.2) is 11.5 Å². The Bertz CT molecular complexity index is 810. The molecule has 0 aliphatic carbocycles. The van der Waals surface area contributed by atoms with Gasteiger partial charge in [-0.25, -0.2) is 10.6 Å². The standard InChI is InChI=1S/C18H18Cl2N4O2/c19-11-3-5-14-16(8-11)26-17-9-12(20)4-6-15(17)24(14)13-2-1-7-23(10-13)18(25)22-21/h3-6,8-9,13H,1-2,7,10,21H2,(H,22,25)/t13-/m1/s1. The molecular weight excluding hydrogens is 375 g/mol. The molecule has 6 nitrogen and oxygen atoms in total. The third-order valence-corrected chi connectivity index (χ3v) is 5.23. The molecule has 0 unspecified atom stereocenters. The first kappa shape index (κ1) is 17.3. The van der Waals surface area contributed by atoms with Crippen molar-refractivity contribution in [3.63, 3.8) is 0 Å². The van der Waals surface area contributed by atoms with Crippen LogP contribution in [0.1, 0.15) is 12.8 Å². The van der Waals surface area contributed by atoms with Crippen molar-refractivity contribution in [1.82, 2.24) is 10.3 Å². The summed E-state index contributed by atoms with van der Waals surface area (Å²) in [5.74, 6) is 6.66. The molecule has 3 N–H and O–H groups in total. The summed E-state index contributed by atoms with van der Waals surface area (Å²) in [4.78, 5) is 15.9. The van der Waals surface area contributed by atoms with Gasteiger partial charge in [-0.1, -0.05) is 23.2 Å². The van der Waals surface area contributed by atoms with Crippen LogP contribution in [0.4, 0.5) is 16.2 Å². The molecule has 2 aromatic carbocycles. The predicted molar refractivity (Wildman–Crippen MR) is 102 cm³/mol. The number of amides is 2. The molecule has 2 amide bonds. The summed E-state index contributed by atoms with van der Waals surface area (Å²) in [5.41, 5.74) is 4.06. The van der Waals surface area contributed by atoms with Gasteiger partial charge in [-0.15, -0.1) is 0 Å². The van der Waals surface area contributed by atoms with Crippen LogP contribution in [-0.4, -0.2) is 30.1 Å². The van der Waals surface area contributed by atoms with E-state index >= 15 is 0 Å². The molecule has 26 heavy (non-hydrogen) atoms. The number of benzene rings is 2. The zero-order valence-electron chi connectivity index (χ0n) is 13.9. The number of piperidine rings is 1. The minimum atomic E-state index is -0.268. The lowest BCUT2D eigenvalue weighted by atomic mass is 10.0. The summed E-state index contributed by atoms with van der Waals surface area (Å²) in [6, 6.07) is 11.0. The summed E-state index contributed by atoms with van der Waals surface area (Å²) in [7, 11) is 0. The molecule has 0 radical (unpaired) electrons. The van der Waals surface area contributed by atoms with Crippen molar-refractivity contribution in [2.24, 2.45) is 5.84 Å². The second kappa shape index (κ2) is 6.87. The molecule has 4 rings (SSSR count). The first-order valence-electron chi connectivity index (χ1n) is 8.38. The van der Waals surface area contributed by atoms with Gasteiger partial charge >= 0.3 is 6.03 Å². The minimum Gasteiger partial charge on any atom is -0.453 e. The summed E-state index contributed by atoms with van der Waals surface area (Å²) in [6.45, 7) is 1.25. The van der Waals surface area contributed by atoms with Gasteiger partial charge in [0.1, 0.15) is 0 Å². The number of hydrogen-bond donors (Lipinski definition) is 2. The van der Waals surface area contributed by atoms with E-state index < -0.39 is 0 Å². The second-order valence-electron chi connectivity index (χ2n) is 6.39. The number of carbonyl (C=O) groups excluding carboxylic acids is 1. The van der Waals surface area contributed by atoms with Crippen LogP contribution in [0.2, 0.25) is 10.0 Å². The Balaban J connectivity index is 1.76. The van der Waals surface area contributed by atoms with Crippen molar-refractivity contribution in [2.75, 3.05) is 18.0 Å². The van der Waals surface area contributed by atoms with E-state index in [9.17, 15) is 4.79 Å². The molecule has 2 aliphatic rings. The van der Waals surface area contributed by atoms with Gasteiger partial charge < -0.3 is 14.5 Å². The highest BCUT2D eigenvalue weighted by Crippen LogP contribution is 2.49. The molecule has 0 aromatic heterocycles. The fourth-order valence-electron chi connectivity index (χ4n) is 3.62. The van der Waals surface area contributed by atoms with E-state index in [4.69, 9.17) is 33.8 Å². The highest BCUT2D eigenvalue weighted by Gasteiger charge is 2.34. The maximum atomic E-state index is 12.0. The number of hydrazine groups is 1. The maximum absolute atomic E-state index is 12.0. The first-order chi connectivity index (χ1) is 12.6. The molecule has 1 atom stereocenters. The highest BCUT2D eigenvalue weighted by atomic mass is 35.5. The molecule has 8 heteroatoms. The SMILES string of the molecule is NNC(=O)N1CCC[C@@H](N2c3ccc(Cl)cc3Oc3cc(Cl)ccc32)C1. The van der Waals surface area contributed by atoms with E-state index in [0.717, 1.165) is 24.2 Å². The molecule has 2 heterocycles. The van der Waals surface area contributed by atoms with Crippen LogP contribution in [0.25, 0.3) is 0 Å². The van der Waals surface area contributed by atoms with Crippen LogP contribution in [0.3, 0.4) is 0 Å². The second-order valence-corrected chi connectivity index (χ2v) is 7.26. The molecule has 0 saturated carbocycles. The monoisotopic (exact) mass is 392 g/mol. The predicted octanol–water partition coefficient (Wildman–Crippen LogP) is 4.28. The number of ether oxygens (including phenoxy) is 1. The van der Waals surface area contributed by atoms with Crippen LogP contribution < -0.4 is 20.9 Å². The van der Waals surface area contributed by atoms with Crippen molar-refractivity contribution in [3.05, 3.63) is 46.4 Å². The number of likely N-dealkylation sites (tertiary alicyclic amines) is 1. The Morgan fingerprint density at radius 2 is 1.73 bits per heavy atom. The van der Waals surface area contributed by atoms with Crippen LogP contribution in [0.15, 0.2) is 36.4 Å². The quantitative estimate of drug-likeness (QED) is 0.431. The lowest BCUT2D eigenvalue weighted by Gasteiger charge is -2.43. The van der Waals surface area contributed by atoms with Crippen LogP contribution in [0, 0.1) is 0 Å². The number of nitrogens with two attached hydrogens (primary N) is 1. The number of carbonyl (C=O) groups is 1. The maximum Gasteiger partial charge on any atom is 0.331 e. The Hall–Kier alpha value is -2.15. The van der Waals surface area contributed by atoms with Gasteiger partial charge in [0.05, 0.1) is 17.4 Å². The van der Waals surface area contributed by atoms with Gasteiger partial charge in [-0.3, -0.25) is 5.43 Å². The topological polar surface area (TPSA) is 70.8 Å². The van der Waals surface area contributed by atoms with Crippen molar-refractivity contribution < 1.29 is 9.53 Å². The Morgan fingerprint density at radius 3 is 2.31 bits per heavy atom. The van der Waals surface area contributed by atoms with Gasteiger partial charge in [0.25, 0.3) is 0 Å². The zero-order chi connectivity index (χ0) is 18.3. The average Bonchev–Trinajstić information content (AvgIpc) is 2.65. The van der Waals surface area contributed by atoms with E-state index in [2.05, 4.69) is 10.3 Å². The molecule has 2 aromatic rings. The van der Waals surface area contributed by atoms with Crippen molar-refractivity contribution >= 4 is 40.6 Å². The fraction of sp³-hybridized carbons (Fsp3) is 0.278. The normalized spacial score (nSPS) is 18.7. The van der Waals surface area contributed by atoms with Gasteiger partial charge in [-0.2, -0.15) is 0 Å². The van der Waals surface area contributed by atoms with E-state index in [1.807, 2.05) is 24.3 Å². The molecule has 0 bridgehead atoms. The molecule has 1 saturated heterocycles. The highest BCUT2D eigenvalue weighted by molar-refractivity contribution is 6.31. The van der Waals surface area contributed by atoms with Gasteiger partial charge in [0.2, 0.25) is 0 Å². The summed E-state index contributed by atoms with van der Waals surface area (Å²) >= 11 is 12.3. The molecule has 1 fully saturated rings. The number of nitrogens with one attached hydrogen (secondary N) is 1. The number of halogens is 2. The van der Waals surface area contributed by atoms with E-state index in [0.29, 0.717) is 34.6 Å². The van der Waals surface area contributed by atoms with Crippen LogP contribution in [0.5, 0.6) is 11.5 Å². The summed E-state index contributed by atoms with van der Waals surface area (Å²) in [6.07, 6.45) is 1.83. The summed E-state index contributed by atoms with van der Waals surface area (Å²) < 4.78 is 6.03. The van der Waals surface area contributed by atoms with Gasteiger partial charge in [-0.05, 0) is 37.1 Å². The molecule has 2 aliphatic heterocycles. The van der Waals surface area contributed by atoms with Crippen LogP contribution >= 0.6 is 23.2 Å². The number of nitrogens with zero attached hydrogens (tertiary/aromatic N) is 2. The summed E-state index contributed by atoms with van der Waals surface area (Å²) in [5, 5.41) is 1.20.